The number of carboxylic acids is 2. The zero-order valence-corrected chi connectivity index (χ0v) is 19.4. The third-order valence-electron chi connectivity index (χ3n) is 3.87. The van der Waals surface area contributed by atoms with Gasteiger partial charge in [0.1, 0.15) is 6.04 Å². The summed E-state index contributed by atoms with van der Waals surface area (Å²) in [5, 5.41) is 40.2. The Hall–Kier alpha value is -1.68. The summed E-state index contributed by atoms with van der Waals surface area (Å²) in [4.78, 5) is 25.4. The molecule has 0 amide bonds. The molecule has 2 N–H and O–H groups in total. The number of hydrogen-bond acceptors (Lipinski definition) is 6. The van der Waals surface area contributed by atoms with E-state index in [0.29, 0.717) is 0 Å². The van der Waals surface area contributed by atoms with Gasteiger partial charge in [-0.05, 0) is 23.8 Å². The minimum atomic E-state index is -1.40. The Kier molecular flexibility index (Phi) is 9.35. The van der Waals surface area contributed by atoms with Crippen LogP contribution in [0.25, 0.3) is 10.9 Å². The number of aliphatic carboxylic acids is 1. The average molecular weight is 397 g/mol. The molecule has 0 aliphatic heterocycles. The minimum Gasteiger partial charge on any atom is -0.872 e. The third-order valence-corrected chi connectivity index (χ3v) is 3.87. The van der Waals surface area contributed by atoms with Crippen molar-refractivity contribution in [2.75, 3.05) is 0 Å². The van der Waals surface area contributed by atoms with Crippen molar-refractivity contribution in [3.63, 3.8) is 0 Å². The zero-order valence-electron chi connectivity index (χ0n) is 15.4. The standard InChI is InChI=1S/C18H15N3O5.2Na/c22-16-6-5-11(8-13(16)17(23)24)20-21-15(18(25)26)7-10-9-19-14-4-2-1-3-12(10)14;;/h1-6,8-9,15,19,22H,7H2,(H,23,24)(H,25,26);;/q;2*+1/p-2/t15-;;/m1../s1. The van der Waals surface area contributed by atoms with Crippen molar-refractivity contribution in [3.05, 3.63) is 59.8 Å². The van der Waals surface area contributed by atoms with E-state index in [1.807, 2.05) is 24.3 Å². The van der Waals surface area contributed by atoms with Crippen LogP contribution in [0, 0.1) is 0 Å². The number of aromatic nitrogens is 1. The molecule has 132 valence electrons. The molecule has 0 radical (unpaired) electrons. The van der Waals surface area contributed by atoms with Gasteiger partial charge in [-0.25, -0.2) is 4.79 Å². The molecule has 28 heavy (non-hydrogen) atoms. The van der Waals surface area contributed by atoms with Gasteiger partial charge in [0.15, 0.2) is 0 Å². The molecule has 0 aliphatic carbocycles. The van der Waals surface area contributed by atoms with Gasteiger partial charge >= 0.3 is 65.1 Å². The molecule has 1 heterocycles. The predicted octanol–water partition coefficient (Wildman–Crippen LogP) is -4.61. The van der Waals surface area contributed by atoms with Crippen molar-refractivity contribution in [1.29, 1.82) is 0 Å². The average Bonchev–Trinajstić information content (AvgIpc) is 3.02. The van der Waals surface area contributed by atoms with Gasteiger partial charge in [0, 0.05) is 23.5 Å². The van der Waals surface area contributed by atoms with Crippen molar-refractivity contribution in [1.82, 2.24) is 4.98 Å². The topological polar surface area (TPSA) is 141 Å². The SMILES string of the molecule is O=C(O)c1cc(N=N[C@H](Cc2c[nH]c3ccccc23)C(=O)[O-])ccc1[O-].[Na+].[Na+]. The molecule has 0 bridgehead atoms. The van der Waals surface area contributed by atoms with E-state index < -0.39 is 29.3 Å². The number of aromatic carboxylic acids is 1. The molecule has 2 aromatic carbocycles. The van der Waals surface area contributed by atoms with Gasteiger partial charge in [0.05, 0.1) is 17.2 Å². The largest absolute Gasteiger partial charge is 1.00 e. The van der Waals surface area contributed by atoms with Crippen molar-refractivity contribution in [3.8, 4) is 5.75 Å². The molecule has 8 nitrogen and oxygen atoms in total. The van der Waals surface area contributed by atoms with Crippen molar-refractivity contribution < 1.29 is 84.0 Å². The van der Waals surface area contributed by atoms with Gasteiger partial charge in [-0.15, -0.1) is 0 Å². The summed E-state index contributed by atoms with van der Waals surface area (Å²) in [6.45, 7) is 0. The van der Waals surface area contributed by atoms with E-state index >= 15 is 0 Å². The molecule has 10 heteroatoms. The monoisotopic (exact) mass is 397 g/mol. The van der Waals surface area contributed by atoms with Crippen LogP contribution < -0.4 is 69.3 Å². The van der Waals surface area contributed by atoms with Crippen LogP contribution in [-0.4, -0.2) is 28.1 Å². The number of aromatic amines is 1. The number of rotatable bonds is 6. The fourth-order valence-electron chi connectivity index (χ4n) is 2.56. The summed E-state index contributed by atoms with van der Waals surface area (Å²) in [5.74, 6) is -3.45. The minimum absolute atomic E-state index is 0. The molecule has 0 saturated carbocycles. The number of carbonyl (C=O) groups is 2. The van der Waals surface area contributed by atoms with Gasteiger partial charge < -0.3 is 25.1 Å². The summed E-state index contributed by atoms with van der Waals surface area (Å²) in [5.41, 5.74) is 1.24. The van der Waals surface area contributed by atoms with E-state index in [9.17, 15) is 19.8 Å². The molecule has 0 spiro atoms. The van der Waals surface area contributed by atoms with Crippen LogP contribution in [0.15, 0.2) is 58.9 Å². The second-order valence-corrected chi connectivity index (χ2v) is 5.60. The van der Waals surface area contributed by atoms with Crippen molar-refractivity contribution in [2.45, 2.75) is 12.5 Å². The third kappa shape index (κ3) is 5.66. The normalized spacial score (nSPS) is 11.6. The first-order valence-electron chi connectivity index (χ1n) is 7.67. The number of benzene rings is 2. The number of carbonyl (C=O) groups excluding carboxylic acids is 1. The van der Waals surface area contributed by atoms with Crippen LogP contribution >= 0.6 is 0 Å². The Morgan fingerprint density at radius 2 is 1.86 bits per heavy atom. The van der Waals surface area contributed by atoms with Crippen LogP contribution in [0.4, 0.5) is 5.69 Å². The Labute approximate surface area is 204 Å². The Morgan fingerprint density at radius 3 is 2.54 bits per heavy atom. The number of H-pyrrole nitrogens is 1. The van der Waals surface area contributed by atoms with E-state index in [-0.39, 0.29) is 71.2 Å². The van der Waals surface area contributed by atoms with E-state index in [1.54, 1.807) is 6.20 Å². The van der Waals surface area contributed by atoms with Gasteiger partial charge in [-0.2, -0.15) is 10.2 Å². The summed E-state index contributed by atoms with van der Waals surface area (Å²) in [7, 11) is 0. The van der Waals surface area contributed by atoms with Crippen LogP contribution in [0.5, 0.6) is 5.75 Å². The summed E-state index contributed by atoms with van der Waals surface area (Å²) in [6, 6.07) is 9.54. The van der Waals surface area contributed by atoms with Crippen LogP contribution in [0.3, 0.4) is 0 Å². The second kappa shape index (κ2) is 10.8. The molecule has 0 unspecified atom stereocenters. The Bertz CT molecular complexity index is 1020. The van der Waals surface area contributed by atoms with Gasteiger partial charge in [-0.1, -0.05) is 30.0 Å². The molecular weight excluding hydrogens is 384 g/mol. The summed E-state index contributed by atoms with van der Waals surface area (Å²) >= 11 is 0. The molecule has 0 saturated heterocycles. The maximum atomic E-state index is 11.4. The Morgan fingerprint density at radius 1 is 1.14 bits per heavy atom. The van der Waals surface area contributed by atoms with E-state index in [2.05, 4.69) is 15.2 Å². The zero-order chi connectivity index (χ0) is 18.7. The first-order chi connectivity index (χ1) is 12.5. The number of fused-ring (bicyclic) bond motifs is 1. The summed E-state index contributed by atoms with van der Waals surface area (Å²) < 4.78 is 0. The smallest absolute Gasteiger partial charge is 0.872 e. The number of nitrogens with zero attached hydrogens (tertiary/aromatic N) is 2. The summed E-state index contributed by atoms with van der Waals surface area (Å²) in [6.07, 6.45) is 1.76. The predicted molar refractivity (Wildman–Crippen MR) is 88.2 cm³/mol. The number of nitrogens with one attached hydrogen (secondary N) is 1. The first kappa shape index (κ1) is 24.4. The number of para-hydroxylation sites is 1. The second-order valence-electron chi connectivity index (χ2n) is 5.60. The van der Waals surface area contributed by atoms with Gasteiger partial charge in [0.25, 0.3) is 0 Å². The number of azo groups is 1. The molecule has 3 rings (SSSR count). The van der Waals surface area contributed by atoms with Crippen LogP contribution in [0.1, 0.15) is 15.9 Å². The van der Waals surface area contributed by atoms with E-state index in [1.165, 1.54) is 6.07 Å². The molecule has 1 aromatic heterocycles. The van der Waals surface area contributed by atoms with Gasteiger partial charge in [0.2, 0.25) is 0 Å². The van der Waals surface area contributed by atoms with E-state index in [0.717, 1.165) is 28.6 Å². The quantitative estimate of drug-likeness (QED) is 0.318. The maximum absolute atomic E-state index is 11.4. The fourth-order valence-corrected chi connectivity index (χ4v) is 2.56. The van der Waals surface area contributed by atoms with Crippen molar-refractivity contribution >= 4 is 28.5 Å². The Balaban J connectivity index is 0.00000196. The van der Waals surface area contributed by atoms with Gasteiger partial charge in [-0.3, -0.25) is 0 Å². The molecule has 0 fully saturated rings. The molecule has 1 atom stereocenters. The first-order valence-corrected chi connectivity index (χ1v) is 7.67. The maximum Gasteiger partial charge on any atom is 1.00 e. The number of carboxylic acid groups (broad SMARTS) is 2. The van der Waals surface area contributed by atoms with Crippen LogP contribution in [0.2, 0.25) is 0 Å². The fraction of sp³-hybridized carbons (Fsp3) is 0.111. The van der Waals surface area contributed by atoms with E-state index in [4.69, 9.17) is 5.11 Å². The van der Waals surface area contributed by atoms with Crippen molar-refractivity contribution in [2.24, 2.45) is 10.2 Å². The molecule has 0 aliphatic rings. The molecule has 3 aromatic rings. The number of hydrogen-bond donors (Lipinski definition) is 2. The van der Waals surface area contributed by atoms with Crippen LogP contribution in [-0.2, 0) is 11.2 Å². The molecular formula is C18H13N3Na2O5.